The Labute approximate surface area is 216 Å². The Morgan fingerprint density at radius 3 is 2.47 bits per heavy atom. The molecule has 0 unspecified atom stereocenters. The van der Waals surface area contributed by atoms with Crippen molar-refractivity contribution < 1.29 is 27.6 Å². The number of hydrogen-bond donors (Lipinski definition) is 1. The molecule has 0 radical (unpaired) electrons. The Bertz CT molecular complexity index is 1520. The average molecular weight is 525 g/mol. The number of carbonyl (C=O) groups is 1. The van der Waals surface area contributed by atoms with Crippen LogP contribution < -0.4 is 4.90 Å². The van der Waals surface area contributed by atoms with Gasteiger partial charge in [0.2, 0.25) is 0 Å². The topological polar surface area (TPSA) is 84.4 Å². The molecule has 1 N–H and O–H groups in total. The number of aliphatic hydroxyl groups is 1. The summed E-state index contributed by atoms with van der Waals surface area (Å²) in [6.07, 6.45) is 0.274. The van der Waals surface area contributed by atoms with Gasteiger partial charge in [0.15, 0.2) is 17.8 Å². The zero-order chi connectivity index (χ0) is 26.7. The Morgan fingerprint density at radius 1 is 1.03 bits per heavy atom. The number of anilines is 1. The van der Waals surface area contributed by atoms with Gasteiger partial charge in [-0.2, -0.15) is 0 Å². The summed E-state index contributed by atoms with van der Waals surface area (Å²) < 4.78 is 50.1. The second-order valence-corrected chi connectivity index (χ2v) is 10.2. The number of aryl methyl sites for hydroxylation is 2. The van der Waals surface area contributed by atoms with E-state index in [-0.39, 0.29) is 24.3 Å². The standard InChI is InChI=1S/C28H27F3N4O3/c1-14-26(15(2)38-33-14)16-3-10-24-23(11-16)32-27(34(24)17-4-7-19(36)8-5-17)25-13-22(31)28(37)35(25)18-6-9-20(29)21(30)12-18/h3,6,9-12,17,19,22,25,36H,4-5,7-8,13H2,1-2H3/t17?,19?,22-,25-/m0/s1. The van der Waals surface area contributed by atoms with Gasteiger partial charge in [-0.05, 0) is 69.4 Å². The first kappa shape index (κ1) is 24.7. The summed E-state index contributed by atoms with van der Waals surface area (Å²) in [5, 5.41) is 14.2. The summed E-state index contributed by atoms with van der Waals surface area (Å²) >= 11 is 0. The van der Waals surface area contributed by atoms with E-state index in [4.69, 9.17) is 9.51 Å². The van der Waals surface area contributed by atoms with Crippen LogP contribution in [0, 0.1) is 25.5 Å². The second kappa shape index (κ2) is 9.27. The molecule has 3 heterocycles. The van der Waals surface area contributed by atoms with Gasteiger partial charge in [-0.1, -0.05) is 11.2 Å². The van der Waals surface area contributed by atoms with Crippen LogP contribution in [0.25, 0.3) is 22.2 Å². The minimum Gasteiger partial charge on any atom is -0.393 e. The number of amides is 1. The summed E-state index contributed by atoms with van der Waals surface area (Å²) in [6, 6.07) is 8.11. The van der Waals surface area contributed by atoms with Crippen LogP contribution in [0.3, 0.4) is 0 Å². The first-order valence-electron chi connectivity index (χ1n) is 12.8. The number of nitrogens with zero attached hydrogens (tertiary/aromatic N) is 4. The van der Waals surface area contributed by atoms with Crippen LogP contribution in [0.15, 0.2) is 40.9 Å². The highest BCUT2D eigenvalue weighted by Crippen LogP contribution is 2.43. The largest absolute Gasteiger partial charge is 0.393 e. The van der Waals surface area contributed by atoms with E-state index in [0.29, 0.717) is 42.8 Å². The third-order valence-electron chi connectivity index (χ3n) is 7.80. The molecule has 1 saturated heterocycles. The number of alkyl halides is 1. The van der Waals surface area contributed by atoms with Gasteiger partial charge in [0.1, 0.15) is 11.6 Å². The monoisotopic (exact) mass is 524 g/mol. The Balaban J connectivity index is 1.52. The van der Waals surface area contributed by atoms with E-state index in [0.717, 1.165) is 34.5 Å². The van der Waals surface area contributed by atoms with E-state index < -0.39 is 29.8 Å². The molecule has 6 rings (SSSR count). The zero-order valence-electron chi connectivity index (χ0n) is 21.0. The van der Waals surface area contributed by atoms with E-state index in [1.54, 1.807) is 0 Å². The van der Waals surface area contributed by atoms with Crippen molar-refractivity contribution in [2.24, 2.45) is 0 Å². The normalized spacial score (nSPS) is 24.1. The number of aliphatic hydroxyl groups excluding tert-OH is 1. The SMILES string of the molecule is Cc1noc(C)c1-c1ccc2c(c1)nc([C@@H]1C[C@H](F)C(=O)N1c1ccc(F)c(F)c1)n2C1CCC(O)CC1. The lowest BCUT2D eigenvalue weighted by Gasteiger charge is -2.31. The molecule has 2 aliphatic rings. The molecule has 1 saturated carbocycles. The van der Waals surface area contributed by atoms with Crippen molar-refractivity contribution in [1.82, 2.24) is 14.7 Å². The third-order valence-corrected chi connectivity index (χ3v) is 7.80. The number of benzene rings is 2. The fraction of sp³-hybridized carbons (Fsp3) is 0.393. The molecule has 2 atom stereocenters. The van der Waals surface area contributed by atoms with Crippen molar-refractivity contribution in [3.05, 3.63) is 65.3 Å². The molecule has 7 nitrogen and oxygen atoms in total. The van der Waals surface area contributed by atoms with Crippen LogP contribution in [0.5, 0.6) is 0 Å². The molecule has 2 aromatic carbocycles. The van der Waals surface area contributed by atoms with Crippen LogP contribution in [-0.4, -0.2) is 38.0 Å². The van der Waals surface area contributed by atoms with E-state index >= 15 is 0 Å². The maximum absolute atomic E-state index is 14.9. The predicted molar refractivity (Wildman–Crippen MR) is 134 cm³/mol. The average Bonchev–Trinajstić information content (AvgIpc) is 3.53. The van der Waals surface area contributed by atoms with Crippen molar-refractivity contribution in [3.63, 3.8) is 0 Å². The molecule has 1 aliphatic heterocycles. The Kier molecular flexibility index (Phi) is 6.02. The van der Waals surface area contributed by atoms with Crippen LogP contribution >= 0.6 is 0 Å². The lowest BCUT2D eigenvalue weighted by Crippen LogP contribution is -2.32. The van der Waals surface area contributed by atoms with Crippen LogP contribution in [0.2, 0.25) is 0 Å². The van der Waals surface area contributed by atoms with Crippen molar-refractivity contribution in [2.45, 2.75) is 70.3 Å². The van der Waals surface area contributed by atoms with Crippen LogP contribution in [0.1, 0.15) is 61.5 Å². The number of carbonyl (C=O) groups excluding carboxylic acids is 1. The fourth-order valence-corrected chi connectivity index (χ4v) is 5.97. The van der Waals surface area contributed by atoms with Gasteiger partial charge in [-0.15, -0.1) is 0 Å². The first-order valence-corrected chi connectivity index (χ1v) is 12.8. The maximum atomic E-state index is 14.9. The van der Waals surface area contributed by atoms with Crippen molar-refractivity contribution in [1.29, 1.82) is 0 Å². The molecule has 2 aromatic heterocycles. The highest BCUT2D eigenvalue weighted by molar-refractivity contribution is 5.99. The quantitative estimate of drug-likeness (QED) is 0.361. The minimum absolute atomic E-state index is 0.0242. The number of imidazole rings is 1. The Morgan fingerprint density at radius 2 is 1.79 bits per heavy atom. The zero-order valence-corrected chi connectivity index (χ0v) is 21.0. The number of fused-ring (bicyclic) bond motifs is 1. The van der Waals surface area contributed by atoms with E-state index in [1.807, 2.05) is 36.6 Å². The smallest absolute Gasteiger partial charge is 0.262 e. The number of rotatable bonds is 4. The number of aromatic nitrogens is 3. The van der Waals surface area contributed by atoms with Crippen LogP contribution in [-0.2, 0) is 4.79 Å². The predicted octanol–water partition coefficient (Wildman–Crippen LogP) is 5.88. The van der Waals surface area contributed by atoms with Crippen molar-refractivity contribution >= 4 is 22.6 Å². The van der Waals surface area contributed by atoms with E-state index in [9.17, 15) is 23.1 Å². The highest BCUT2D eigenvalue weighted by Gasteiger charge is 2.45. The first-order chi connectivity index (χ1) is 18.2. The summed E-state index contributed by atoms with van der Waals surface area (Å²) in [5.41, 5.74) is 4.03. The van der Waals surface area contributed by atoms with Gasteiger partial charge in [-0.3, -0.25) is 9.69 Å². The fourth-order valence-electron chi connectivity index (χ4n) is 5.97. The van der Waals surface area contributed by atoms with Crippen molar-refractivity contribution in [2.75, 3.05) is 4.90 Å². The Hall–Kier alpha value is -3.66. The summed E-state index contributed by atoms with van der Waals surface area (Å²) in [5.74, 6) is -1.82. The van der Waals surface area contributed by atoms with Gasteiger partial charge in [-0.25, -0.2) is 18.2 Å². The van der Waals surface area contributed by atoms with E-state index in [2.05, 4.69) is 5.16 Å². The molecule has 2 fully saturated rings. The van der Waals surface area contributed by atoms with Gasteiger partial charge in [0, 0.05) is 29.8 Å². The summed E-state index contributed by atoms with van der Waals surface area (Å²) in [4.78, 5) is 19.1. The molecule has 4 aromatic rings. The highest BCUT2D eigenvalue weighted by atomic mass is 19.2. The van der Waals surface area contributed by atoms with Crippen molar-refractivity contribution in [3.8, 4) is 11.1 Å². The van der Waals surface area contributed by atoms with Gasteiger partial charge < -0.3 is 14.2 Å². The number of halogens is 3. The summed E-state index contributed by atoms with van der Waals surface area (Å²) in [7, 11) is 0. The molecule has 10 heteroatoms. The van der Waals surface area contributed by atoms with Gasteiger partial charge >= 0.3 is 0 Å². The molecule has 198 valence electrons. The summed E-state index contributed by atoms with van der Waals surface area (Å²) in [6.45, 7) is 3.70. The minimum atomic E-state index is -1.80. The van der Waals surface area contributed by atoms with E-state index in [1.165, 1.54) is 11.0 Å². The maximum Gasteiger partial charge on any atom is 0.262 e. The second-order valence-electron chi connectivity index (χ2n) is 10.2. The molecule has 1 amide bonds. The van der Waals surface area contributed by atoms with Gasteiger partial charge in [0.25, 0.3) is 5.91 Å². The molecule has 0 spiro atoms. The lowest BCUT2D eigenvalue weighted by molar-refractivity contribution is -0.121. The molecular weight excluding hydrogens is 497 g/mol. The number of hydrogen-bond acceptors (Lipinski definition) is 5. The van der Waals surface area contributed by atoms with Gasteiger partial charge in [0.05, 0.1) is 28.9 Å². The molecule has 1 aliphatic carbocycles. The third kappa shape index (κ3) is 3.98. The lowest BCUT2D eigenvalue weighted by atomic mass is 9.92. The molecular formula is C28H27F3N4O3. The van der Waals surface area contributed by atoms with Crippen LogP contribution in [0.4, 0.5) is 18.9 Å². The molecule has 0 bridgehead atoms. The molecule has 38 heavy (non-hydrogen) atoms.